The van der Waals surface area contributed by atoms with Crippen molar-refractivity contribution in [1.82, 2.24) is 0 Å². The van der Waals surface area contributed by atoms with Gasteiger partial charge in [-0.05, 0) is 36.1 Å². The summed E-state index contributed by atoms with van der Waals surface area (Å²) in [5.41, 5.74) is 0.972. The lowest BCUT2D eigenvalue weighted by molar-refractivity contribution is 0.457. The molecule has 0 spiro atoms. The Morgan fingerprint density at radius 2 is 1.79 bits per heavy atom. The largest absolute Gasteiger partial charge is 0.507 e. The molecule has 0 radical (unpaired) electrons. The molecule has 78 valence electrons. The zero-order valence-corrected chi connectivity index (χ0v) is 10.5. The highest BCUT2D eigenvalue weighted by molar-refractivity contribution is 8.00. The average Bonchev–Trinajstić information content (AvgIpc) is 2.14. The molecule has 1 rings (SSSR count). The van der Waals surface area contributed by atoms with Gasteiger partial charge in [0.2, 0.25) is 0 Å². The van der Waals surface area contributed by atoms with Gasteiger partial charge in [-0.3, -0.25) is 0 Å². The summed E-state index contributed by atoms with van der Waals surface area (Å²) in [6.45, 7) is 6.19. The third kappa shape index (κ3) is 2.85. The summed E-state index contributed by atoms with van der Waals surface area (Å²) in [5, 5.41) is 9.79. The molecule has 1 aromatic rings. The van der Waals surface area contributed by atoms with E-state index in [1.165, 1.54) is 4.90 Å². The maximum Gasteiger partial charge on any atom is 0.132 e. The number of phenols is 1. The van der Waals surface area contributed by atoms with Crippen LogP contribution in [0.2, 0.25) is 0 Å². The van der Waals surface area contributed by atoms with E-state index in [2.05, 4.69) is 19.9 Å². The fourth-order valence-electron chi connectivity index (χ4n) is 1.23. The van der Waals surface area contributed by atoms with Crippen LogP contribution in [-0.2, 0) is 0 Å². The maximum absolute atomic E-state index is 9.79. The van der Waals surface area contributed by atoms with E-state index in [1.807, 2.05) is 24.8 Å². The summed E-state index contributed by atoms with van der Waals surface area (Å²) in [7, 11) is 0. The van der Waals surface area contributed by atoms with Gasteiger partial charge in [0.1, 0.15) is 5.75 Å². The Balaban J connectivity index is 3.01. The predicted molar refractivity (Wildman–Crippen MR) is 65.6 cm³/mol. The highest BCUT2D eigenvalue weighted by Crippen LogP contribution is 2.35. The predicted octanol–water partition coefficient (Wildman–Crippen LogP) is 3.92. The topological polar surface area (TPSA) is 20.2 Å². The summed E-state index contributed by atoms with van der Waals surface area (Å²) >= 11 is 3.51. The van der Waals surface area contributed by atoms with E-state index in [0.717, 1.165) is 22.0 Å². The number of hydrogen-bond donors (Lipinski definition) is 1. The first kappa shape index (κ1) is 11.8. The molecule has 0 heterocycles. The van der Waals surface area contributed by atoms with Gasteiger partial charge >= 0.3 is 0 Å². The molecule has 0 aliphatic rings. The van der Waals surface area contributed by atoms with E-state index in [1.54, 1.807) is 11.8 Å². The van der Waals surface area contributed by atoms with Crippen LogP contribution in [0.25, 0.3) is 0 Å². The minimum absolute atomic E-state index is 0.442. The van der Waals surface area contributed by atoms with Crippen molar-refractivity contribution in [1.29, 1.82) is 0 Å². The monoisotopic (exact) mass is 228 g/mol. The van der Waals surface area contributed by atoms with Crippen LogP contribution < -0.4 is 0 Å². The molecular weight excluding hydrogens is 212 g/mol. The van der Waals surface area contributed by atoms with E-state index >= 15 is 0 Å². The van der Waals surface area contributed by atoms with Gasteiger partial charge in [-0.2, -0.15) is 0 Å². The van der Waals surface area contributed by atoms with Crippen LogP contribution in [0, 0.1) is 6.92 Å². The molecule has 0 aromatic heterocycles. The first-order chi connectivity index (χ1) is 6.69. The fourth-order valence-corrected chi connectivity index (χ4v) is 2.92. The molecule has 3 heteroatoms. The molecule has 1 N–H and O–H groups in total. The van der Waals surface area contributed by atoms with E-state index in [-0.39, 0.29) is 0 Å². The molecule has 0 amide bonds. The average molecular weight is 228 g/mol. The number of aromatic hydroxyl groups is 1. The highest BCUT2D eigenvalue weighted by Gasteiger charge is 2.06. The molecule has 0 aliphatic carbocycles. The number of hydrogen-bond acceptors (Lipinski definition) is 3. The lowest BCUT2D eigenvalue weighted by Gasteiger charge is -2.08. The van der Waals surface area contributed by atoms with E-state index < -0.39 is 0 Å². The Hall–Kier alpha value is -0.280. The smallest absolute Gasteiger partial charge is 0.132 e. The van der Waals surface area contributed by atoms with Crippen molar-refractivity contribution in [3.05, 3.63) is 17.7 Å². The Labute approximate surface area is 94.3 Å². The molecule has 1 aromatic carbocycles. The minimum Gasteiger partial charge on any atom is -0.507 e. The van der Waals surface area contributed by atoms with Crippen molar-refractivity contribution < 1.29 is 5.11 Å². The molecule has 0 saturated carbocycles. The third-order valence-electron chi connectivity index (χ3n) is 1.85. The maximum atomic E-state index is 9.79. The Kier molecular flexibility index (Phi) is 4.69. The van der Waals surface area contributed by atoms with Crippen LogP contribution in [0.4, 0.5) is 0 Å². The van der Waals surface area contributed by atoms with E-state index in [0.29, 0.717) is 5.75 Å². The fraction of sp³-hybridized carbons (Fsp3) is 0.455. The van der Waals surface area contributed by atoms with Gasteiger partial charge in [0.15, 0.2) is 0 Å². The van der Waals surface area contributed by atoms with Gasteiger partial charge < -0.3 is 5.11 Å². The Bertz CT molecular complexity index is 310. The quantitative estimate of drug-likeness (QED) is 0.789. The lowest BCUT2D eigenvalue weighted by atomic mass is 10.2. The normalized spacial score (nSPS) is 10.5. The van der Waals surface area contributed by atoms with Crippen molar-refractivity contribution in [3.63, 3.8) is 0 Å². The molecule has 0 fully saturated rings. The molecule has 0 saturated heterocycles. The van der Waals surface area contributed by atoms with Crippen LogP contribution in [-0.4, -0.2) is 16.6 Å². The second kappa shape index (κ2) is 5.56. The number of thioether (sulfide) groups is 2. The third-order valence-corrected chi connectivity index (χ3v) is 3.62. The molecule has 14 heavy (non-hydrogen) atoms. The molecule has 0 aliphatic heterocycles. The van der Waals surface area contributed by atoms with Crippen LogP contribution in [0.1, 0.15) is 19.4 Å². The molecule has 0 atom stereocenters. The van der Waals surface area contributed by atoms with Crippen molar-refractivity contribution in [2.24, 2.45) is 0 Å². The van der Waals surface area contributed by atoms with Gasteiger partial charge in [0, 0.05) is 4.90 Å². The number of aryl methyl sites for hydroxylation is 1. The lowest BCUT2D eigenvalue weighted by Crippen LogP contribution is -1.83. The Morgan fingerprint density at radius 3 is 2.36 bits per heavy atom. The number of phenolic OH excluding ortho intramolecular Hbond substituents is 1. The first-order valence-electron chi connectivity index (χ1n) is 4.78. The number of benzene rings is 1. The van der Waals surface area contributed by atoms with Crippen molar-refractivity contribution in [3.8, 4) is 5.75 Å². The molecule has 0 unspecified atom stereocenters. The van der Waals surface area contributed by atoms with Crippen molar-refractivity contribution >= 4 is 23.5 Å². The van der Waals surface area contributed by atoms with Gasteiger partial charge in [-0.15, -0.1) is 23.5 Å². The summed E-state index contributed by atoms with van der Waals surface area (Å²) in [6.07, 6.45) is 0. The number of rotatable bonds is 4. The minimum atomic E-state index is 0.442. The second-order valence-electron chi connectivity index (χ2n) is 2.95. The standard InChI is InChI=1S/C11H16OS2/c1-4-13-9-6-8(3)11(12)10(7-9)14-5-2/h6-7,12H,4-5H2,1-3H3. The molecule has 0 bridgehead atoms. The van der Waals surface area contributed by atoms with Crippen LogP contribution >= 0.6 is 23.5 Å². The summed E-state index contributed by atoms with van der Waals surface area (Å²) in [4.78, 5) is 2.25. The summed E-state index contributed by atoms with van der Waals surface area (Å²) < 4.78 is 0. The summed E-state index contributed by atoms with van der Waals surface area (Å²) in [5.74, 6) is 2.51. The Morgan fingerprint density at radius 1 is 1.14 bits per heavy atom. The molecule has 1 nitrogen and oxygen atoms in total. The van der Waals surface area contributed by atoms with Crippen LogP contribution in [0.5, 0.6) is 5.75 Å². The van der Waals surface area contributed by atoms with Crippen LogP contribution in [0.15, 0.2) is 21.9 Å². The molecular formula is C11H16OS2. The van der Waals surface area contributed by atoms with Gasteiger partial charge in [0.25, 0.3) is 0 Å². The van der Waals surface area contributed by atoms with Gasteiger partial charge in [-0.1, -0.05) is 13.8 Å². The SMILES string of the molecule is CCSc1cc(C)c(O)c(SCC)c1. The second-order valence-corrected chi connectivity index (χ2v) is 5.60. The zero-order valence-electron chi connectivity index (χ0n) is 8.83. The van der Waals surface area contributed by atoms with Crippen molar-refractivity contribution in [2.45, 2.75) is 30.6 Å². The highest BCUT2D eigenvalue weighted by atomic mass is 32.2. The van der Waals surface area contributed by atoms with Crippen LogP contribution in [0.3, 0.4) is 0 Å². The first-order valence-corrected chi connectivity index (χ1v) is 6.75. The summed E-state index contributed by atoms with van der Waals surface area (Å²) in [6, 6.07) is 4.12. The van der Waals surface area contributed by atoms with Crippen molar-refractivity contribution in [2.75, 3.05) is 11.5 Å². The van der Waals surface area contributed by atoms with Gasteiger partial charge in [0.05, 0.1) is 4.90 Å². The van der Waals surface area contributed by atoms with Gasteiger partial charge in [-0.25, -0.2) is 0 Å². The van der Waals surface area contributed by atoms with E-state index in [9.17, 15) is 5.11 Å². The van der Waals surface area contributed by atoms with E-state index in [4.69, 9.17) is 0 Å². The zero-order chi connectivity index (χ0) is 10.6.